The Kier molecular flexibility index (Phi) is 3.42. The van der Waals surface area contributed by atoms with Gasteiger partial charge in [0.15, 0.2) is 9.84 Å². The highest BCUT2D eigenvalue weighted by Crippen LogP contribution is 2.45. The van der Waals surface area contributed by atoms with Gasteiger partial charge in [-0.25, -0.2) is 8.42 Å². The van der Waals surface area contributed by atoms with Gasteiger partial charge in [0, 0.05) is 0 Å². The zero-order valence-corrected chi connectivity index (χ0v) is 13.0. The summed E-state index contributed by atoms with van der Waals surface area (Å²) in [7, 11) is -1.71. The summed E-state index contributed by atoms with van der Waals surface area (Å²) in [4.78, 5) is 0.441. The molecule has 1 heterocycles. The molecule has 0 bridgehead atoms. The van der Waals surface area contributed by atoms with Crippen molar-refractivity contribution in [3.05, 3.63) is 23.8 Å². The maximum Gasteiger partial charge on any atom is 0.179 e. The summed E-state index contributed by atoms with van der Waals surface area (Å²) >= 11 is 0. The quantitative estimate of drug-likeness (QED) is 0.794. The Bertz CT molecular complexity index is 587. The lowest BCUT2D eigenvalue weighted by Crippen LogP contribution is -2.30. The molecule has 0 unspecified atom stereocenters. The zero-order chi connectivity index (χ0) is 14.4. The molecular formula is C15H22O3S. The van der Waals surface area contributed by atoms with E-state index in [9.17, 15) is 8.42 Å². The lowest BCUT2D eigenvalue weighted by Gasteiger charge is -2.32. The number of benzene rings is 1. The van der Waals surface area contributed by atoms with Gasteiger partial charge < -0.3 is 4.74 Å². The standard InChI is InChI=1S/C15H22O3S/c1-10-11(2)15(3,4)9-19(16,17)14-8-12(18-5)6-7-13(10)14/h6-8,10-11H,9H2,1-5H3/t10-,11+/m0/s1. The normalized spacial score (nSPS) is 28.3. The van der Waals surface area contributed by atoms with Gasteiger partial charge in [0.2, 0.25) is 0 Å². The molecule has 106 valence electrons. The monoisotopic (exact) mass is 282 g/mol. The highest BCUT2D eigenvalue weighted by molar-refractivity contribution is 7.91. The van der Waals surface area contributed by atoms with Crippen molar-refractivity contribution in [3.63, 3.8) is 0 Å². The molecule has 1 aromatic carbocycles. The van der Waals surface area contributed by atoms with Crippen molar-refractivity contribution in [1.29, 1.82) is 0 Å². The zero-order valence-electron chi connectivity index (χ0n) is 12.2. The molecular weight excluding hydrogens is 260 g/mol. The van der Waals surface area contributed by atoms with E-state index < -0.39 is 9.84 Å². The second kappa shape index (κ2) is 4.51. The van der Waals surface area contributed by atoms with Gasteiger partial charge in [-0.3, -0.25) is 0 Å². The van der Waals surface area contributed by atoms with Crippen LogP contribution in [-0.2, 0) is 9.84 Å². The maximum absolute atomic E-state index is 12.6. The first kappa shape index (κ1) is 14.4. The molecule has 4 heteroatoms. The van der Waals surface area contributed by atoms with E-state index in [0.717, 1.165) is 5.56 Å². The van der Waals surface area contributed by atoms with Gasteiger partial charge in [0.05, 0.1) is 17.8 Å². The molecule has 0 N–H and O–H groups in total. The van der Waals surface area contributed by atoms with Crippen LogP contribution in [0.2, 0.25) is 0 Å². The highest BCUT2D eigenvalue weighted by Gasteiger charge is 2.41. The molecule has 2 atom stereocenters. The van der Waals surface area contributed by atoms with Gasteiger partial charge in [-0.2, -0.15) is 0 Å². The molecule has 1 aromatic rings. The molecule has 0 saturated carbocycles. The average Bonchev–Trinajstić information content (AvgIpc) is 2.38. The summed E-state index contributed by atoms with van der Waals surface area (Å²) in [5.41, 5.74) is 0.684. The van der Waals surface area contributed by atoms with Crippen LogP contribution in [-0.4, -0.2) is 21.3 Å². The third-order valence-electron chi connectivity index (χ3n) is 4.59. The number of fused-ring (bicyclic) bond motifs is 1. The largest absolute Gasteiger partial charge is 0.497 e. The van der Waals surface area contributed by atoms with Gasteiger partial charge in [0.25, 0.3) is 0 Å². The van der Waals surface area contributed by atoms with E-state index in [1.54, 1.807) is 13.2 Å². The summed E-state index contributed by atoms with van der Waals surface area (Å²) in [5.74, 6) is 1.30. The average molecular weight is 282 g/mol. The highest BCUT2D eigenvalue weighted by atomic mass is 32.2. The molecule has 0 radical (unpaired) electrons. The van der Waals surface area contributed by atoms with Crippen LogP contribution >= 0.6 is 0 Å². The molecule has 19 heavy (non-hydrogen) atoms. The SMILES string of the molecule is COc1ccc2c(c1)S(=O)(=O)CC(C)(C)[C@H](C)[C@@H]2C. The van der Waals surface area contributed by atoms with E-state index >= 15 is 0 Å². The maximum atomic E-state index is 12.6. The molecule has 0 saturated heterocycles. The second-order valence-corrected chi connectivity index (χ2v) is 8.19. The minimum Gasteiger partial charge on any atom is -0.497 e. The van der Waals surface area contributed by atoms with Crippen molar-refractivity contribution in [3.8, 4) is 5.75 Å². The third-order valence-corrected chi connectivity index (χ3v) is 6.74. The number of methoxy groups -OCH3 is 1. The van der Waals surface area contributed by atoms with Gasteiger partial charge >= 0.3 is 0 Å². The van der Waals surface area contributed by atoms with Crippen LogP contribution in [0.15, 0.2) is 23.1 Å². The van der Waals surface area contributed by atoms with Crippen molar-refractivity contribution in [2.24, 2.45) is 11.3 Å². The Hall–Kier alpha value is -1.03. The van der Waals surface area contributed by atoms with Crippen molar-refractivity contribution in [1.82, 2.24) is 0 Å². The fourth-order valence-electron chi connectivity index (χ4n) is 2.93. The van der Waals surface area contributed by atoms with Crippen molar-refractivity contribution < 1.29 is 13.2 Å². The van der Waals surface area contributed by atoms with Gasteiger partial charge in [-0.15, -0.1) is 0 Å². The second-order valence-electron chi connectivity index (χ2n) is 6.23. The Morgan fingerprint density at radius 2 is 1.89 bits per heavy atom. The van der Waals surface area contributed by atoms with E-state index in [2.05, 4.69) is 13.8 Å². The molecule has 1 aliphatic rings. The number of hydrogen-bond acceptors (Lipinski definition) is 3. The van der Waals surface area contributed by atoms with Crippen molar-refractivity contribution in [2.75, 3.05) is 12.9 Å². The van der Waals surface area contributed by atoms with Crippen LogP contribution in [0.5, 0.6) is 5.75 Å². The summed E-state index contributed by atoms with van der Waals surface area (Å²) in [6.45, 7) is 8.32. The molecule has 3 nitrogen and oxygen atoms in total. The van der Waals surface area contributed by atoms with Gasteiger partial charge in [-0.05, 0) is 34.9 Å². The first-order valence-electron chi connectivity index (χ1n) is 6.60. The minimum atomic E-state index is -3.26. The Morgan fingerprint density at radius 1 is 1.26 bits per heavy atom. The number of ether oxygens (including phenoxy) is 1. The molecule has 0 spiro atoms. The topological polar surface area (TPSA) is 43.4 Å². The number of rotatable bonds is 1. The Morgan fingerprint density at radius 3 is 2.47 bits per heavy atom. The van der Waals surface area contributed by atoms with E-state index in [-0.39, 0.29) is 17.1 Å². The van der Waals surface area contributed by atoms with Crippen LogP contribution in [0.25, 0.3) is 0 Å². The lowest BCUT2D eigenvalue weighted by atomic mass is 9.73. The molecule has 0 amide bonds. The number of sulfone groups is 1. The molecule has 1 aliphatic heterocycles. The van der Waals surface area contributed by atoms with Crippen LogP contribution in [0.4, 0.5) is 0 Å². The van der Waals surface area contributed by atoms with Crippen LogP contribution < -0.4 is 4.74 Å². The summed E-state index contributed by atoms with van der Waals surface area (Å²) < 4.78 is 30.4. The number of hydrogen-bond donors (Lipinski definition) is 0. The lowest BCUT2D eigenvalue weighted by molar-refractivity contribution is 0.234. The van der Waals surface area contributed by atoms with E-state index in [1.165, 1.54) is 0 Å². The molecule has 0 fully saturated rings. The predicted molar refractivity (Wildman–Crippen MR) is 76.4 cm³/mol. The van der Waals surface area contributed by atoms with Crippen LogP contribution in [0.1, 0.15) is 39.2 Å². The molecule has 2 rings (SSSR count). The van der Waals surface area contributed by atoms with Crippen LogP contribution in [0, 0.1) is 11.3 Å². The van der Waals surface area contributed by atoms with Crippen LogP contribution in [0.3, 0.4) is 0 Å². The summed E-state index contributed by atoms with van der Waals surface area (Å²) in [5, 5.41) is 0. The van der Waals surface area contributed by atoms with E-state index in [1.807, 2.05) is 26.0 Å². The van der Waals surface area contributed by atoms with E-state index in [0.29, 0.717) is 16.6 Å². The first-order valence-corrected chi connectivity index (χ1v) is 8.25. The summed E-state index contributed by atoms with van der Waals surface area (Å²) in [6.07, 6.45) is 0. The molecule has 0 aromatic heterocycles. The fraction of sp³-hybridized carbons (Fsp3) is 0.600. The van der Waals surface area contributed by atoms with Gasteiger partial charge in [-0.1, -0.05) is 33.8 Å². The molecule has 0 aliphatic carbocycles. The van der Waals surface area contributed by atoms with Gasteiger partial charge in [0.1, 0.15) is 5.75 Å². The third kappa shape index (κ3) is 2.38. The van der Waals surface area contributed by atoms with E-state index in [4.69, 9.17) is 4.74 Å². The predicted octanol–water partition coefficient (Wildman–Crippen LogP) is 3.25. The Balaban J connectivity index is 2.70. The van der Waals surface area contributed by atoms with Crippen molar-refractivity contribution >= 4 is 9.84 Å². The smallest absolute Gasteiger partial charge is 0.179 e. The summed E-state index contributed by atoms with van der Waals surface area (Å²) in [6, 6.07) is 5.40. The first-order chi connectivity index (χ1) is 8.69. The fourth-order valence-corrected chi connectivity index (χ4v) is 5.24. The van der Waals surface area contributed by atoms with Crippen molar-refractivity contribution in [2.45, 2.75) is 38.5 Å². The Labute approximate surface area is 115 Å². The minimum absolute atomic E-state index is 0.186.